The van der Waals surface area contributed by atoms with Gasteiger partial charge in [0.2, 0.25) is 0 Å². The van der Waals surface area contributed by atoms with E-state index in [1.54, 1.807) is 13.8 Å². The van der Waals surface area contributed by atoms with Gasteiger partial charge in [0.1, 0.15) is 0 Å². The van der Waals surface area contributed by atoms with Gasteiger partial charge in [-0.2, -0.15) is 0 Å². The fraction of sp³-hybridized carbons (Fsp3) is 1.00. The van der Waals surface area contributed by atoms with Gasteiger partial charge in [-0.1, -0.05) is 0 Å². The molecule has 80 valence electrons. The minimum Gasteiger partial charge on any atom is -0.330 e. The van der Waals surface area contributed by atoms with E-state index in [2.05, 4.69) is 4.52 Å². The number of phosphoric ester groups is 1. The summed E-state index contributed by atoms with van der Waals surface area (Å²) in [5, 5.41) is 0. The summed E-state index contributed by atoms with van der Waals surface area (Å²) in [6, 6.07) is 0. The van der Waals surface area contributed by atoms with Crippen LogP contribution in [0.2, 0.25) is 0 Å². The van der Waals surface area contributed by atoms with Gasteiger partial charge in [-0.25, -0.2) is 4.57 Å². The summed E-state index contributed by atoms with van der Waals surface area (Å²) < 4.78 is 20.4. The van der Waals surface area contributed by atoms with E-state index < -0.39 is 7.82 Å². The number of rotatable bonds is 7. The Labute approximate surface area is 78.8 Å². The van der Waals surface area contributed by atoms with Crippen LogP contribution in [-0.4, -0.2) is 24.1 Å². The molecule has 0 heterocycles. The van der Waals surface area contributed by atoms with Crippen LogP contribution in [0.1, 0.15) is 26.7 Å². The van der Waals surface area contributed by atoms with Crippen molar-refractivity contribution in [3.63, 3.8) is 0 Å². The predicted octanol–water partition coefficient (Wildman–Crippen LogP) is 1.27. The van der Waals surface area contributed by atoms with E-state index in [1.807, 2.05) is 0 Å². The number of hydrogen-bond donors (Lipinski definition) is 2. The Morgan fingerprint density at radius 3 is 2.69 bits per heavy atom. The van der Waals surface area contributed by atoms with Gasteiger partial charge < -0.3 is 10.6 Å². The molecule has 5 nitrogen and oxygen atoms in total. The van der Waals surface area contributed by atoms with Crippen molar-refractivity contribution in [1.82, 2.24) is 0 Å². The van der Waals surface area contributed by atoms with Crippen LogP contribution in [0.3, 0.4) is 0 Å². The summed E-state index contributed by atoms with van der Waals surface area (Å²) in [5.74, 6) is 0. The van der Waals surface area contributed by atoms with Gasteiger partial charge in [-0.05, 0) is 33.2 Å². The van der Waals surface area contributed by atoms with E-state index in [9.17, 15) is 4.57 Å². The molecule has 2 atom stereocenters. The molecule has 6 heteroatoms. The molecule has 0 radical (unpaired) electrons. The molecule has 0 bridgehead atoms. The van der Waals surface area contributed by atoms with Crippen LogP contribution in [0.25, 0.3) is 0 Å². The molecule has 0 saturated carbocycles. The fourth-order valence-electron chi connectivity index (χ4n) is 0.879. The average molecular weight is 211 g/mol. The first-order valence-electron chi connectivity index (χ1n) is 4.37. The number of nitrogens with two attached hydrogens (primary N) is 1. The fourth-order valence-corrected chi connectivity index (χ4v) is 1.83. The van der Waals surface area contributed by atoms with E-state index >= 15 is 0 Å². The highest BCUT2D eigenvalue weighted by Gasteiger charge is 2.22. The Bertz CT molecular complexity index is 176. The first-order valence-corrected chi connectivity index (χ1v) is 5.87. The Balaban J connectivity index is 3.75. The van der Waals surface area contributed by atoms with Crippen LogP contribution in [-0.2, 0) is 13.6 Å². The van der Waals surface area contributed by atoms with Gasteiger partial charge in [0.05, 0.1) is 12.7 Å². The van der Waals surface area contributed by atoms with Crippen molar-refractivity contribution in [3.8, 4) is 0 Å². The first kappa shape index (κ1) is 13.1. The van der Waals surface area contributed by atoms with Crippen molar-refractivity contribution in [2.75, 3.05) is 13.2 Å². The minimum atomic E-state index is -3.83. The van der Waals surface area contributed by atoms with E-state index in [-0.39, 0.29) is 12.7 Å². The molecule has 0 aromatic carbocycles. The smallest absolute Gasteiger partial charge is 0.330 e. The molecule has 0 fully saturated rings. The van der Waals surface area contributed by atoms with Gasteiger partial charge in [-0.3, -0.25) is 9.05 Å². The molecule has 0 aliphatic carbocycles. The molecule has 0 aliphatic rings. The summed E-state index contributed by atoms with van der Waals surface area (Å²) in [4.78, 5) is 9.06. The molecule has 0 aliphatic heterocycles. The number of hydrogen-bond acceptors (Lipinski definition) is 4. The van der Waals surface area contributed by atoms with Crippen molar-refractivity contribution in [2.24, 2.45) is 5.73 Å². The molecule has 2 unspecified atom stereocenters. The summed E-state index contributed by atoms with van der Waals surface area (Å²) in [6.45, 7) is 4.07. The maximum absolute atomic E-state index is 11.1. The molecule has 0 rings (SSSR count). The van der Waals surface area contributed by atoms with E-state index in [0.717, 1.165) is 6.42 Å². The largest absolute Gasteiger partial charge is 0.472 e. The Morgan fingerprint density at radius 2 is 2.23 bits per heavy atom. The second kappa shape index (κ2) is 6.51. The standard InChI is InChI=1S/C7H18NO4P/c1-3-11-13(9,10)12-7(2)5-4-6-8/h7H,3-6,8H2,1-2H3,(H,9,10). The lowest BCUT2D eigenvalue weighted by molar-refractivity contribution is 0.111. The highest BCUT2D eigenvalue weighted by atomic mass is 31.2. The third-order valence-electron chi connectivity index (χ3n) is 1.42. The van der Waals surface area contributed by atoms with Gasteiger partial charge >= 0.3 is 7.82 Å². The lowest BCUT2D eigenvalue weighted by Crippen LogP contribution is -2.10. The number of phosphoric acid groups is 1. The van der Waals surface area contributed by atoms with Crippen molar-refractivity contribution in [3.05, 3.63) is 0 Å². The Morgan fingerprint density at radius 1 is 1.62 bits per heavy atom. The quantitative estimate of drug-likeness (QED) is 0.619. The summed E-state index contributed by atoms with van der Waals surface area (Å²) in [7, 11) is -3.83. The lowest BCUT2D eigenvalue weighted by Gasteiger charge is -2.16. The monoisotopic (exact) mass is 211 g/mol. The topological polar surface area (TPSA) is 81.8 Å². The van der Waals surface area contributed by atoms with Gasteiger partial charge in [0.15, 0.2) is 0 Å². The van der Waals surface area contributed by atoms with Gasteiger partial charge in [-0.15, -0.1) is 0 Å². The zero-order valence-corrected chi connectivity index (χ0v) is 9.00. The Kier molecular flexibility index (Phi) is 6.55. The minimum absolute atomic E-state index is 0.164. The third kappa shape index (κ3) is 7.16. The molecule has 0 aromatic heterocycles. The molecule has 0 saturated heterocycles. The van der Waals surface area contributed by atoms with Crippen LogP contribution in [0, 0.1) is 0 Å². The summed E-state index contributed by atoms with van der Waals surface area (Å²) in [6.07, 6.45) is 1.13. The molecular formula is C7H18NO4P. The van der Waals surface area contributed by atoms with Gasteiger partial charge in [0, 0.05) is 0 Å². The van der Waals surface area contributed by atoms with Crippen molar-refractivity contribution >= 4 is 7.82 Å². The van der Waals surface area contributed by atoms with Crippen LogP contribution in [0.15, 0.2) is 0 Å². The predicted molar refractivity (Wildman–Crippen MR) is 50.3 cm³/mol. The molecule has 0 amide bonds. The third-order valence-corrected chi connectivity index (χ3v) is 2.63. The maximum Gasteiger partial charge on any atom is 0.472 e. The first-order chi connectivity index (χ1) is 6.02. The van der Waals surface area contributed by atoms with E-state index in [4.69, 9.17) is 15.2 Å². The average Bonchev–Trinajstić information content (AvgIpc) is 1.99. The second-order valence-corrected chi connectivity index (χ2v) is 4.14. The zero-order chi connectivity index (χ0) is 10.3. The van der Waals surface area contributed by atoms with Crippen LogP contribution in [0.5, 0.6) is 0 Å². The molecule has 3 N–H and O–H groups in total. The molecule has 0 spiro atoms. The molecular weight excluding hydrogens is 193 g/mol. The lowest BCUT2D eigenvalue weighted by atomic mass is 10.2. The summed E-state index contributed by atoms with van der Waals surface area (Å²) >= 11 is 0. The van der Waals surface area contributed by atoms with Gasteiger partial charge in [0.25, 0.3) is 0 Å². The Hall–Kier alpha value is 0.0700. The second-order valence-electron chi connectivity index (χ2n) is 2.73. The summed E-state index contributed by atoms with van der Waals surface area (Å²) in [5.41, 5.74) is 5.28. The van der Waals surface area contributed by atoms with E-state index in [0.29, 0.717) is 13.0 Å². The molecule has 0 aromatic rings. The van der Waals surface area contributed by atoms with Crippen molar-refractivity contribution < 1.29 is 18.5 Å². The molecule has 13 heavy (non-hydrogen) atoms. The van der Waals surface area contributed by atoms with E-state index in [1.165, 1.54) is 0 Å². The maximum atomic E-state index is 11.1. The van der Waals surface area contributed by atoms with Crippen LogP contribution < -0.4 is 5.73 Å². The SMILES string of the molecule is CCOP(=O)(O)OC(C)CCCN. The van der Waals surface area contributed by atoms with Crippen LogP contribution in [0.4, 0.5) is 0 Å². The normalized spacial score (nSPS) is 18.2. The van der Waals surface area contributed by atoms with Crippen molar-refractivity contribution in [2.45, 2.75) is 32.8 Å². The zero-order valence-electron chi connectivity index (χ0n) is 8.10. The highest BCUT2D eigenvalue weighted by molar-refractivity contribution is 7.47. The highest BCUT2D eigenvalue weighted by Crippen LogP contribution is 2.44. The van der Waals surface area contributed by atoms with Crippen LogP contribution >= 0.6 is 7.82 Å². The van der Waals surface area contributed by atoms with Crippen molar-refractivity contribution in [1.29, 1.82) is 0 Å².